The van der Waals surface area contributed by atoms with E-state index in [1.54, 1.807) is 19.0 Å². The van der Waals surface area contributed by atoms with Gasteiger partial charge in [-0.15, -0.1) is 0 Å². The molecular weight excluding hydrogens is 326 g/mol. The Labute approximate surface area is 157 Å². The number of hydrogen-bond donors (Lipinski definition) is 2. The molecule has 0 bridgehead atoms. The average Bonchev–Trinajstić information content (AvgIpc) is 2.64. The van der Waals surface area contributed by atoms with E-state index in [9.17, 15) is 4.79 Å². The molecule has 2 N–H and O–H groups in total. The van der Waals surface area contributed by atoms with Crippen molar-refractivity contribution in [3.63, 3.8) is 0 Å². The summed E-state index contributed by atoms with van der Waals surface area (Å²) in [7, 11) is 5.72. The Morgan fingerprint density at radius 2 is 2.00 bits per heavy atom. The number of nitrogens with zero attached hydrogens (tertiary/aromatic N) is 3. The zero-order valence-corrected chi connectivity index (χ0v) is 16.6. The van der Waals surface area contributed by atoms with E-state index < -0.39 is 0 Å². The molecule has 144 valence electrons. The maximum absolute atomic E-state index is 11.9. The van der Waals surface area contributed by atoms with Crippen molar-refractivity contribution in [1.29, 1.82) is 0 Å². The fourth-order valence-electron chi connectivity index (χ4n) is 3.20. The van der Waals surface area contributed by atoms with Gasteiger partial charge in [0.1, 0.15) is 0 Å². The first-order chi connectivity index (χ1) is 12.5. The second-order valence-corrected chi connectivity index (χ2v) is 7.24. The van der Waals surface area contributed by atoms with E-state index in [0.717, 1.165) is 31.2 Å². The molecule has 2 rings (SSSR count). The van der Waals surface area contributed by atoms with Crippen LogP contribution in [0.3, 0.4) is 0 Å². The largest absolute Gasteiger partial charge is 0.357 e. The summed E-state index contributed by atoms with van der Waals surface area (Å²) in [4.78, 5) is 20.6. The maximum atomic E-state index is 11.9. The van der Waals surface area contributed by atoms with Crippen molar-refractivity contribution >= 4 is 11.9 Å². The third kappa shape index (κ3) is 6.33. The Hall–Kier alpha value is -2.08. The summed E-state index contributed by atoms with van der Waals surface area (Å²) < 4.78 is 0. The lowest BCUT2D eigenvalue weighted by Gasteiger charge is -2.30. The van der Waals surface area contributed by atoms with Gasteiger partial charge in [0.15, 0.2) is 5.96 Å². The molecule has 0 aromatic heterocycles. The number of likely N-dealkylation sites (tertiary alicyclic amines) is 1. The van der Waals surface area contributed by atoms with Crippen molar-refractivity contribution < 1.29 is 4.79 Å². The number of hydrogen-bond acceptors (Lipinski definition) is 3. The van der Waals surface area contributed by atoms with Crippen molar-refractivity contribution in [3.05, 3.63) is 35.4 Å². The topological polar surface area (TPSA) is 60.0 Å². The summed E-state index contributed by atoms with van der Waals surface area (Å²) in [5.41, 5.74) is 1.80. The molecule has 1 heterocycles. The van der Waals surface area contributed by atoms with Gasteiger partial charge in [-0.25, -0.2) is 4.99 Å². The minimum Gasteiger partial charge on any atom is -0.357 e. The van der Waals surface area contributed by atoms with Gasteiger partial charge in [-0.05, 0) is 57.0 Å². The fourth-order valence-corrected chi connectivity index (χ4v) is 3.20. The molecule has 1 unspecified atom stereocenters. The molecule has 1 atom stereocenters. The van der Waals surface area contributed by atoms with Gasteiger partial charge in [-0.3, -0.25) is 4.79 Å². The standard InChI is InChI=1S/C20H33N5O/c1-5-21-20(23-14-17-7-6-12-25(4)15-17)22-13-16-8-10-18(11-9-16)19(26)24(2)3/h8-11,17H,5-7,12-15H2,1-4H3,(H2,21,22,23). The van der Waals surface area contributed by atoms with Gasteiger partial charge in [-0.2, -0.15) is 0 Å². The first-order valence-corrected chi connectivity index (χ1v) is 9.51. The molecule has 0 aliphatic carbocycles. The molecule has 0 spiro atoms. The number of nitrogens with one attached hydrogen (secondary N) is 2. The van der Waals surface area contributed by atoms with Gasteiger partial charge < -0.3 is 20.4 Å². The highest BCUT2D eigenvalue weighted by molar-refractivity contribution is 5.93. The first kappa shape index (κ1) is 20.2. The van der Waals surface area contributed by atoms with Crippen molar-refractivity contribution in [2.75, 3.05) is 47.3 Å². The molecule has 1 aliphatic heterocycles. The van der Waals surface area contributed by atoms with E-state index in [0.29, 0.717) is 18.0 Å². The minimum atomic E-state index is 0.0208. The number of aliphatic imine (C=N–C) groups is 1. The number of rotatable bonds is 6. The monoisotopic (exact) mass is 359 g/mol. The first-order valence-electron chi connectivity index (χ1n) is 9.51. The van der Waals surface area contributed by atoms with Gasteiger partial charge in [0.25, 0.3) is 5.91 Å². The van der Waals surface area contributed by atoms with Gasteiger partial charge >= 0.3 is 0 Å². The number of carbonyl (C=O) groups is 1. The summed E-state index contributed by atoms with van der Waals surface area (Å²) in [6.07, 6.45) is 2.55. The lowest BCUT2D eigenvalue weighted by molar-refractivity contribution is 0.0827. The molecule has 1 aliphatic rings. The van der Waals surface area contributed by atoms with Gasteiger partial charge in [0.05, 0.1) is 6.54 Å². The summed E-state index contributed by atoms with van der Waals surface area (Å²) in [6.45, 7) is 6.81. The van der Waals surface area contributed by atoms with Crippen LogP contribution in [0.4, 0.5) is 0 Å². The van der Waals surface area contributed by atoms with E-state index in [1.165, 1.54) is 19.4 Å². The van der Waals surface area contributed by atoms with Crippen LogP contribution in [0.1, 0.15) is 35.7 Å². The van der Waals surface area contributed by atoms with Crippen LogP contribution in [0.2, 0.25) is 0 Å². The quantitative estimate of drug-likeness (QED) is 0.600. The normalized spacial score (nSPS) is 18.5. The van der Waals surface area contributed by atoms with E-state index in [2.05, 4.69) is 34.5 Å². The van der Waals surface area contributed by atoms with E-state index in [-0.39, 0.29) is 5.91 Å². The van der Waals surface area contributed by atoms with Crippen LogP contribution >= 0.6 is 0 Å². The average molecular weight is 360 g/mol. The Kier molecular flexibility index (Phi) is 7.91. The van der Waals surface area contributed by atoms with Gasteiger partial charge in [0.2, 0.25) is 0 Å². The predicted molar refractivity (Wildman–Crippen MR) is 107 cm³/mol. The minimum absolute atomic E-state index is 0.0208. The van der Waals surface area contributed by atoms with Gasteiger partial charge in [-0.1, -0.05) is 12.1 Å². The van der Waals surface area contributed by atoms with E-state index in [4.69, 9.17) is 0 Å². The molecule has 1 aromatic rings. The van der Waals surface area contributed by atoms with Crippen LogP contribution in [-0.2, 0) is 6.54 Å². The van der Waals surface area contributed by atoms with Crippen LogP contribution in [-0.4, -0.2) is 69.0 Å². The predicted octanol–water partition coefficient (Wildman–Crippen LogP) is 1.79. The number of benzene rings is 1. The lowest BCUT2D eigenvalue weighted by atomic mass is 9.99. The molecule has 0 radical (unpaired) electrons. The van der Waals surface area contributed by atoms with Crippen LogP contribution in [0, 0.1) is 5.92 Å². The fraction of sp³-hybridized carbons (Fsp3) is 0.600. The third-order valence-corrected chi connectivity index (χ3v) is 4.65. The van der Waals surface area contributed by atoms with E-state index >= 15 is 0 Å². The Morgan fingerprint density at radius 3 is 2.62 bits per heavy atom. The number of carbonyl (C=O) groups excluding carboxylic acids is 1. The number of piperidine rings is 1. The highest BCUT2D eigenvalue weighted by Crippen LogP contribution is 2.13. The number of amides is 1. The van der Waals surface area contributed by atoms with Crippen LogP contribution < -0.4 is 10.6 Å². The Balaban J connectivity index is 1.90. The van der Waals surface area contributed by atoms with Crippen LogP contribution in [0.5, 0.6) is 0 Å². The molecule has 0 saturated carbocycles. The van der Waals surface area contributed by atoms with Crippen LogP contribution in [0.15, 0.2) is 29.3 Å². The van der Waals surface area contributed by atoms with Crippen molar-refractivity contribution in [1.82, 2.24) is 20.4 Å². The van der Waals surface area contributed by atoms with Crippen molar-refractivity contribution in [2.24, 2.45) is 10.9 Å². The highest BCUT2D eigenvalue weighted by atomic mass is 16.2. The molecule has 1 amide bonds. The van der Waals surface area contributed by atoms with Crippen LogP contribution in [0.25, 0.3) is 0 Å². The SMILES string of the molecule is CCNC(=NCc1ccc(C(=O)N(C)C)cc1)NCC1CCCN(C)C1. The summed E-state index contributed by atoms with van der Waals surface area (Å²) >= 11 is 0. The van der Waals surface area contributed by atoms with E-state index in [1.807, 2.05) is 24.3 Å². The molecule has 6 heteroatoms. The summed E-state index contributed by atoms with van der Waals surface area (Å²) in [5, 5.41) is 6.79. The molecule has 1 fully saturated rings. The lowest BCUT2D eigenvalue weighted by Crippen LogP contribution is -2.43. The Bertz CT molecular complexity index is 597. The molecule has 6 nitrogen and oxygen atoms in total. The maximum Gasteiger partial charge on any atom is 0.253 e. The molecule has 1 aromatic carbocycles. The molecule has 1 saturated heterocycles. The highest BCUT2D eigenvalue weighted by Gasteiger charge is 2.17. The van der Waals surface area contributed by atoms with Crippen molar-refractivity contribution in [2.45, 2.75) is 26.3 Å². The summed E-state index contributed by atoms with van der Waals surface area (Å²) in [6, 6.07) is 7.68. The zero-order chi connectivity index (χ0) is 18.9. The number of guanidine groups is 1. The smallest absolute Gasteiger partial charge is 0.253 e. The van der Waals surface area contributed by atoms with Gasteiger partial charge in [0, 0.05) is 39.3 Å². The second kappa shape index (κ2) is 10.2. The molecular formula is C20H33N5O. The third-order valence-electron chi connectivity index (χ3n) is 4.65. The zero-order valence-electron chi connectivity index (χ0n) is 16.6. The molecule has 26 heavy (non-hydrogen) atoms. The Morgan fingerprint density at radius 1 is 1.27 bits per heavy atom. The summed E-state index contributed by atoms with van der Waals surface area (Å²) in [5.74, 6) is 1.55. The second-order valence-electron chi connectivity index (χ2n) is 7.24. The van der Waals surface area contributed by atoms with Crippen molar-refractivity contribution in [3.8, 4) is 0 Å².